The fourth-order valence-electron chi connectivity index (χ4n) is 2.23. The zero-order valence-corrected chi connectivity index (χ0v) is 14.4. The summed E-state index contributed by atoms with van der Waals surface area (Å²) >= 11 is 1.29. The van der Waals surface area contributed by atoms with E-state index in [1.165, 1.54) is 36.6 Å². The van der Waals surface area contributed by atoms with Gasteiger partial charge in [0.15, 0.2) is 0 Å². The van der Waals surface area contributed by atoms with Crippen LogP contribution in [-0.4, -0.2) is 28.1 Å². The van der Waals surface area contributed by atoms with Crippen LogP contribution >= 0.6 is 11.3 Å². The highest BCUT2D eigenvalue weighted by Gasteiger charge is 2.22. The molecule has 0 spiro atoms. The molecule has 0 aliphatic carbocycles. The van der Waals surface area contributed by atoms with Crippen molar-refractivity contribution >= 4 is 28.1 Å². The molecule has 8 nitrogen and oxygen atoms in total. The number of hydrogen-bond donors (Lipinski definition) is 1. The van der Waals surface area contributed by atoms with Crippen LogP contribution in [0, 0.1) is 10.1 Å². The Hall–Kier alpha value is -2.55. The van der Waals surface area contributed by atoms with Gasteiger partial charge in [-0.05, 0) is 25.0 Å². The average molecular weight is 350 g/mol. The highest BCUT2D eigenvalue weighted by atomic mass is 32.1. The van der Waals surface area contributed by atoms with Crippen LogP contribution in [0.1, 0.15) is 48.0 Å². The van der Waals surface area contributed by atoms with Gasteiger partial charge >= 0.3 is 0 Å². The molecule has 24 heavy (non-hydrogen) atoms. The van der Waals surface area contributed by atoms with Crippen LogP contribution in [0.3, 0.4) is 0 Å². The maximum Gasteiger partial charge on any atom is 0.285 e. The van der Waals surface area contributed by atoms with Crippen LogP contribution in [0.4, 0.5) is 10.8 Å². The van der Waals surface area contributed by atoms with E-state index < -0.39 is 10.8 Å². The Balaban J connectivity index is 2.23. The lowest BCUT2D eigenvalue weighted by Gasteiger charge is -2.06. The minimum atomic E-state index is -0.618. The average Bonchev–Trinajstić information content (AvgIpc) is 3.03. The summed E-state index contributed by atoms with van der Waals surface area (Å²) in [6.45, 7) is 4.13. The molecule has 1 aromatic carbocycles. The van der Waals surface area contributed by atoms with Gasteiger partial charge in [-0.2, -0.15) is 0 Å². The number of rotatable bonds is 7. The van der Waals surface area contributed by atoms with Crippen molar-refractivity contribution in [3.05, 3.63) is 38.9 Å². The molecule has 0 fully saturated rings. The van der Waals surface area contributed by atoms with Crippen LogP contribution in [-0.2, 0) is 0 Å². The molecule has 0 atom stereocenters. The number of nitro groups is 1. The topological polar surface area (TPSA) is 107 Å². The van der Waals surface area contributed by atoms with Gasteiger partial charge in [-0.1, -0.05) is 25.2 Å². The number of hydrogen-bond acceptors (Lipinski definition) is 7. The molecule has 1 heterocycles. The van der Waals surface area contributed by atoms with Gasteiger partial charge in [0.25, 0.3) is 11.6 Å². The molecule has 1 amide bonds. The minimum Gasteiger partial charge on any atom is -0.497 e. The second-order valence-electron chi connectivity index (χ2n) is 5.05. The SMILES string of the molecule is CCC(CC)c1nnc(NC(=O)c2ccc(OC)cc2[N+](=O)[O-])s1. The Kier molecular flexibility index (Phi) is 5.80. The van der Waals surface area contributed by atoms with Crippen LogP contribution in [0.25, 0.3) is 0 Å². The number of anilines is 1. The third-order valence-electron chi connectivity index (χ3n) is 3.64. The van der Waals surface area contributed by atoms with E-state index in [0.29, 0.717) is 16.8 Å². The van der Waals surface area contributed by atoms with Gasteiger partial charge in [0.1, 0.15) is 16.3 Å². The van der Waals surface area contributed by atoms with E-state index in [-0.39, 0.29) is 11.3 Å². The van der Waals surface area contributed by atoms with Crippen LogP contribution in [0.2, 0.25) is 0 Å². The van der Waals surface area contributed by atoms with Crippen molar-refractivity contribution < 1.29 is 14.5 Å². The number of amides is 1. The first-order chi connectivity index (χ1) is 11.5. The molecule has 0 aliphatic rings. The summed E-state index contributed by atoms with van der Waals surface area (Å²) in [6, 6.07) is 4.07. The fourth-order valence-corrected chi connectivity index (χ4v) is 3.24. The number of nitrogens with one attached hydrogen (secondary N) is 1. The van der Waals surface area contributed by atoms with Crippen molar-refractivity contribution in [1.82, 2.24) is 10.2 Å². The summed E-state index contributed by atoms with van der Waals surface area (Å²) in [5, 5.41) is 22.9. The third kappa shape index (κ3) is 3.85. The summed E-state index contributed by atoms with van der Waals surface area (Å²) in [7, 11) is 1.40. The molecule has 1 aromatic heterocycles. The molecule has 1 N–H and O–H groups in total. The Morgan fingerprint density at radius 3 is 2.67 bits per heavy atom. The molecule has 0 aliphatic heterocycles. The highest BCUT2D eigenvalue weighted by molar-refractivity contribution is 7.15. The van der Waals surface area contributed by atoms with E-state index in [9.17, 15) is 14.9 Å². The van der Waals surface area contributed by atoms with Gasteiger partial charge in [0.2, 0.25) is 5.13 Å². The van der Waals surface area contributed by atoms with Gasteiger partial charge in [-0.25, -0.2) is 0 Å². The van der Waals surface area contributed by atoms with Gasteiger partial charge in [-0.15, -0.1) is 10.2 Å². The molecule has 2 aromatic rings. The summed E-state index contributed by atoms with van der Waals surface area (Å²) in [6.07, 6.45) is 1.87. The first kappa shape index (κ1) is 17.8. The molecule has 0 bridgehead atoms. The number of benzene rings is 1. The lowest BCUT2D eigenvalue weighted by Crippen LogP contribution is -2.14. The van der Waals surface area contributed by atoms with E-state index in [4.69, 9.17) is 4.74 Å². The number of methoxy groups -OCH3 is 1. The predicted octanol–water partition coefficient (Wildman–Crippen LogP) is 3.61. The molecule has 0 saturated heterocycles. The number of carbonyl (C=O) groups is 1. The summed E-state index contributed by atoms with van der Waals surface area (Å²) < 4.78 is 4.96. The van der Waals surface area contributed by atoms with E-state index in [1.54, 1.807) is 0 Å². The number of nitrogens with zero attached hydrogens (tertiary/aromatic N) is 3. The van der Waals surface area contributed by atoms with Crippen LogP contribution in [0.15, 0.2) is 18.2 Å². The standard InChI is InChI=1S/C15H18N4O4S/c1-4-9(5-2)14-17-18-15(24-14)16-13(20)11-7-6-10(23-3)8-12(11)19(21)22/h6-9H,4-5H2,1-3H3,(H,16,18,20). The fraction of sp³-hybridized carbons (Fsp3) is 0.400. The lowest BCUT2D eigenvalue weighted by atomic mass is 10.1. The van der Waals surface area contributed by atoms with Crippen molar-refractivity contribution in [2.75, 3.05) is 12.4 Å². The zero-order chi connectivity index (χ0) is 17.7. The Labute approximate surface area is 143 Å². The maximum atomic E-state index is 12.3. The predicted molar refractivity (Wildman–Crippen MR) is 90.8 cm³/mol. The van der Waals surface area contributed by atoms with E-state index in [2.05, 4.69) is 29.4 Å². The molecule has 128 valence electrons. The van der Waals surface area contributed by atoms with Crippen molar-refractivity contribution in [3.8, 4) is 5.75 Å². The smallest absolute Gasteiger partial charge is 0.285 e. The van der Waals surface area contributed by atoms with Gasteiger partial charge in [-0.3, -0.25) is 20.2 Å². The quantitative estimate of drug-likeness (QED) is 0.604. The minimum absolute atomic E-state index is 0.0555. The molecular formula is C15H18N4O4S. The van der Waals surface area contributed by atoms with Gasteiger partial charge in [0.05, 0.1) is 18.1 Å². The van der Waals surface area contributed by atoms with E-state index in [0.717, 1.165) is 17.8 Å². The monoisotopic (exact) mass is 350 g/mol. The Morgan fingerprint density at radius 1 is 1.38 bits per heavy atom. The Bertz CT molecular complexity index is 743. The second-order valence-corrected chi connectivity index (χ2v) is 6.06. The first-order valence-corrected chi connectivity index (χ1v) is 8.28. The number of aromatic nitrogens is 2. The van der Waals surface area contributed by atoms with E-state index >= 15 is 0 Å². The van der Waals surface area contributed by atoms with Crippen molar-refractivity contribution in [2.24, 2.45) is 0 Å². The normalized spacial score (nSPS) is 10.7. The highest BCUT2D eigenvalue weighted by Crippen LogP contribution is 2.29. The second kappa shape index (κ2) is 7.82. The first-order valence-electron chi connectivity index (χ1n) is 7.47. The Morgan fingerprint density at radius 2 is 2.08 bits per heavy atom. The van der Waals surface area contributed by atoms with Crippen molar-refractivity contribution in [2.45, 2.75) is 32.6 Å². The molecule has 0 unspecified atom stereocenters. The number of nitro benzene ring substituents is 1. The van der Waals surface area contributed by atoms with Gasteiger partial charge < -0.3 is 4.74 Å². The number of carbonyl (C=O) groups excluding carboxylic acids is 1. The number of ether oxygens (including phenoxy) is 1. The van der Waals surface area contributed by atoms with Crippen molar-refractivity contribution in [3.63, 3.8) is 0 Å². The summed E-state index contributed by atoms with van der Waals surface area (Å²) in [5.74, 6) is 0.00487. The zero-order valence-electron chi connectivity index (χ0n) is 13.6. The molecule has 0 saturated carbocycles. The largest absolute Gasteiger partial charge is 0.497 e. The van der Waals surface area contributed by atoms with E-state index in [1.807, 2.05) is 0 Å². The molecule has 0 radical (unpaired) electrons. The summed E-state index contributed by atoms with van der Waals surface area (Å²) in [4.78, 5) is 22.9. The van der Waals surface area contributed by atoms with Crippen molar-refractivity contribution in [1.29, 1.82) is 0 Å². The van der Waals surface area contributed by atoms with Gasteiger partial charge in [0, 0.05) is 5.92 Å². The molecular weight excluding hydrogens is 332 g/mol. The van der Waals surface area contributed by atoms with Crippen LogP contribution in [0.5, 0.6) is 5.75 Å². The molecule has 2 rings (SSSR count). The third-order valence-corrected chi connectivity index (χ3v) is 4.64. The van der Waals surface area contributed by atoms with Crippen LogP contribution < -0.4 is 10.1 Å². The lowest BCUT2D eigenvalue weighted by molar-refractivity contribution is -0.385. The summed E-state index contributed by atoms with van der Waals surface area (Å²) in [5.41, 5.74) is -0.378. The maximum absolute atomic E-state index is 12.3. The molecule has 9 heteroatoms.